The monoisotopic (exact) mass is 353 g/mol. The second-order valence-electron chi connectivity index (χ2n) is 6.86. The van der Waals surface area contributed by atoms with Gasteiger partial charge >= 0.3 is 5.97 Å². The van der Waals surface area contributed by atoms with Crippen LogP contribution in [0.4, 0.5) is 5.69 Å². The number of benzene rings is 2. The zero-order valence-electron chi connectivity index (χ0n) is 14.1. The molecule has 1 amide bonds. The maximum atomic E-state index is 13.0. The predicted molar refractivity (Wildman–Crippen MR) is 94.2 cm³/mol. The van der Waals surface area contributed by atoms with E-state index < -0.39 is 24.0 Å². The molecule has 1 atom stereocenters. The van der Waals surface area contributed by atoms with Gasteiger partial charge in [-0.3, -0.25) is 14.5 Å². The molecule has 0 saturated heterocycles. The number of aromatic hydroxyl groups is 1. The second kappa shape index (κ2) is 5.85. The van der Waals surface area contributed by atoms with Gasteiger partial charge in [-0.05, 0) is 55.0 Å². The van der Waals surface area contributed by atoms with E-state index in [-0.39, 0.29) is 16.9 Å². The molecular formula is C20H19NO5. The van der Waals surface area contributed by atoms with E-state index in [0.717, 1.165) is 41.7 Å². The van der Waals surface area contributed by atoms with E-state index in [2.05, 4.69) is 0 Å². The molecule has 26 heavy (non-hydrogen) atoms. The Hall–Kier alpha value is -2.86. The number of nitrogens with zero attached hydrogens (tertiary/aromatic N) is 1. The van der Waals surface area contributed by atoms with Crippen LogP contribution in [0.25, 0.3) is 0 Å². The summed E-state index contributed by atoms with van der Waals surface area (Å²) in [6, 6.07) is 9.87. The van der Waals surface area contributed by atoms with Crippen LogP contribution in [-0.2, 0) is 28.0 Å². The zero-order valence-corrected chi connectivity index (χ0v) is 14.1. The minimum Gasteiger partial charge on any atom is -0.508 e. The predicted octanol–water partition coefficient (Wildman–Crippen LogP) is 1.94. The van der Waals surface area contributed by atoms with Gasteiger partial charge in [0.15, 0.2) is 5.60 Å². The molecule has 1 aliphatic carbocycles. The molecule has 3 N–H and O–H groups in total. The van der Waals surface area contributed by atoms with Gasteiger partial charge in [0, 0.05) is 11.1 Å². The van der Waals surface area contributed by atoms with E-state index in [1.807, 2.05) is 0 Å². The van der Waals surface area contributed by atoms with E-state index in [9.17, 15) is 19.8 Å². The summed E-state index contributed by atoms with van der Waals surface area (Å²) in [5.41, 5.74) is 0.699. The van der Waals surface area contributed by atoms with Gasteiger partial charge < -0.3 is 15.3 Å². The Balaban J connectivity index is 1.90. The maximum absolute atomic E-state index is 13.0. The van der Waals surface area contributed by atoms with Gasteiger partial charge in [0.05, 0.1) is 5.69 Å². The number of para-hydroxylation sites is 1. The van der Waals surface area contributed by atoms with E-state index in [1.54, 1.807) is 36.4 Å². The van der Waals surface area contributed by atoms with Crippen LogP contribution >= 0.6 is 0 Å². The summed E-state index contributed by atoms with van der Waals surface area (Å²) >= 11 is 0. The van der Waals surface area contributed by atoms with Crippen LogP contribution in [0, 0.1) is 0 Å². The fourth-order valence-corrected chi connectivity index (χ4v) is 4.05. The van der Waals surface area contributed by atoms with Crippen LogP contribution in [0.5, 0.6) is 5.75 Å². The number of carbonyl (C=O) groups is 2. The van der Waals surface area contributed by atoms with Crippen molar-refractivity contribution in [3.05, 3.63) is 58.7 Å². The first-order valence-electron chi connectivity index (χ1n) is 8.64. The smallest absolute Gasteiger partial charge is 0.323 e. The van der Waals surface area contributed by atoms with Crippen molar-refractivity contribution < 1.29 is 24.9 Å². The number of phenolic OH excluding ortho intramolecular Hbond substituents is 1. The van der Waals surface area contributed by atoms with Gasteiger partial charge in [-0.25, -0.2) is 0 Å². The first-order chi connectivity index (χ1) is 12.4. The Labute approximate surface area is 150 Å². The Morgan fingerprint density at radius 3 is 2.42 bits per heavy atom. The number of anilines is 1. The van der Waals surface area contributed by atoms with Crippen LogP contribution in [0.15, 0.2) is 36.4 Å². The topological polar surface area (TPSA) is 98.1 Å². The SMILES string of the molecule is O=C(O)CN1C(=O)C(O)(c2cc3c(cc2O)CCCC3)c2ccccc21. The number of carboxylic acids is 1. The molecule has 0 radical (unpaired) electrons. The number of phenols is 1. The first-order valence-corrected chi connectivity index (χ1v) is 8.64. The lowest BCUT2D eigenvalue weighted by molar-refractivity contribution is -0.139. The molecular weight excluding hydrogens is 334 g/mol. The number of rotatable bonds is 3. The van der Waals surface area contributed by atoms with Crippen molar-refractivity contribution in [2.24, 2.45) is 0 Å². The number of carbonyl (C=O) groups excluding carboxylic acids is 1. The fourth-order valence-electron chi connectivity index (χ4n) is 4.05. The van der Waals surface area contributed by atoms with Crippen molar-refractivity contribution in [3.63, 3.8) is 0 Å². The van der Waals surface area contributed by atoms with Crippen LogP contribution in [0.1, 0.15) is 35.1 Å². The summed E-state index contributed by atoms with van der Waals surface area (Å²) in [5.74, 6) is -2.08. The summed E-state index contributed by atoms with van der Waals surface area (Å²) in [6.07, 6.45) is 3.75. The van der Waals surface area contributed by atoms with E-state index in [1.165, 1.54) is 0 Å². The van der Waals surface area contributed by atoms with Crippen LogP contribution in [0.3, 0.4) is 0 Å². The van der Waals surface area contributed by atoms with Gasteiger partial charge in [-0.1, -0.05) is 18.2 Å². The molecule has 6 nitrogen and oxygen atoms in total. The van der Waals surface area contributed by atoms with Gasteiger partial charge in [-0.15, -0.1) is 0 Å². The molecule has 4 rings (SSSR count). The molecule has 1 unspecified atom stereocenters. The highest BCUT2D eigenvalue weighted by atomic mass is 16.4. The number of hydrogen-bond acceptors (Lipinski definition) is 4. The summed E-state index contributed by atoms with van der Waals surface area (Å²) in [5, 5.41) is 31.1. The van der Waals surface area contributed by atoms with Gasteiger partial charge in [0.2, 0.25) is 0 Å². The number of aryl methyl sites for hydroxylation is 2. The quantitative estimate of drug-likeness (QED) is 0.783. The number of aliphatic hydroxyl groups is 1. The Morgan fingerprint density at radius 2 is 1.73 bits per heavy atom. The summed E-state index contributed by atoms with van der Waals surface area (Å²) in [6.45, 7) is -0.552. The van der Waals surface area contributed by atoms with Crippen LogP contribution < -0.4 is 4.90 Å². The molecule has 6 heteroatoms. The van der Waals surface area contributed by atoms with Crippen molar-refractivity contribution in [2.45, 2.75) is 31.3 Å². The Kier molecular flexibility index (Phi) is 3.73. The first kappa shape index (κ1) is 16.6. The molecule has 0 fully saturated rings. The zero-order chi connectivity index (χ0) is 18.5. The molecule has 0 aromatic heterocycles. The number of amides is 1. The van der Waals surface area contributed by atoms with Crippen LogP contribution in [-0.4, -0.2) is 33.7 Å². The second-order valence-corrected chi connectivity index (χ2v) is 6.86. The van der Waals surface area contributed by atoms with Gasteiger partial charge in [0.25, 0.3) is 5.91 Å². The molecule has 0 spiro atoms. The lowest BCUT2D eigenvalue weighted by atomic mass is 9.82. The molecule has 2 aromatic rings. The summed E-state index contributed by atoms with van der Waals surface area (Å²) in [7, 11) is 0. The maximum Gasteiger partial charge on any atom is 0.323 e. The molecule has 0 bridgehead atoms. The van der Waals surface area contributed by atoms with Crippen molar-refractivity contribution in [1.29, 1.82) is 0 Å². The van der Waals surface area contributed by atoms with E-state index >= 15 is 0 Å². The largest absolute Gasteiger partial charge is 0.508 e. The van der Waals surface area contributed by atoms with Crippen molar-refractivity contribution in [2.75, 3.05) is 11.4 Å². The highest BCUT2D eigenvalue weighted by Gasteiger charge is 2.52. The minimum absolute atomic E-state index is 0.114. The molecule has 134 valence electrons. The average Bonchev–Trinajstić information content (AvgIpc) is 2.84. The molecule has 1 heterocycles. The third-order valence-electron chi connectivity index (χ3n) is 5.28. The molecule has 1 aliphatic heterocycles. The van der Waals surface area contributed by atoms with Gasteiger partial charge in [-0.2, -0.15) is 0 Å². The number of carboxylic acid groups (broad SMARTS) is 1. The highest BCUT2D eigenvalue weighted by molar-refractivity contribution is 6.11. The average molecular weight is 353 g/mol. The van der Waals surface area contributed by atoms with E-state index in [4.69, 9.17) is 5.11 Å². The van der Waals surface area contributed by atoms with Crippen LogP contribution in [0.2, 0.25) is 0 Å². The lowest BCUT2D eigenvalue weighted by Gasteiger charge is -2.26. The third kappa shape index (κ3) is 2.29. The Bertz CT molecular complexity index is 922. The number of aliphatic carboxylic acids is 1. The summed E-state index contributed by atoms with van der Waals surface area (Å²) < 4.78 is 0. The standard InChI is InChI=1S/C20H19NO5/c22-17-10-13-6-2-1-5-12(13)9-15(17)20(26)14-7-3-4-8-16(14)21(19(20)25)11-18(23)24/h3-4,7-10,22,26H,1-2,5-6,11H2,(H,23,24). The fraction of sp³-hybridized carbons (Fsp3) is 0.300. The minimum atomic E-state index is -2.09. The number of fused-ring (bicyclic) bond motifs is 2. The summed E-state index contributed by atoms with van der Waals surface area (Å²) in [4.78, 5) is 25.3. The normalized spacial score (nSPS) is 21.4. The molecule has 2 aliphatic rings. The van der Waals surface area contributed by atoms with E-state index in [0.29, 0.717) is 5.69 Å². The van der Waals surface area contributed by atoms with Crippen molar-refractivity contribution >= 4 is 17.6 Å². The number of hydrogen-bond donors (Lipinski definition) is 3. The highest BCUT2D eigenvalue weighted by Crippen LogP contribution is 2.47. The molecule has 0 saturated carbocycles. The van der Waals surface area contributed by atoms with Crippen molar-refractivity contribution in [1.82, 2.24) is 0 Å². The third-order valence-corrected chi connectivity index (χ3v) is 5.28. The molecule has 2 aromatic carbocycles. The Morgan fingerprint density at radius 1 is 1.08 bits per heavy atom. The van der Waals surface area contributed by atoms with Gasteiger partial charge in [0.1, 0.15) is 12.3 Å². The lowest BCUT2D eigenvalue weighted by Crippen LogP contribution is -2.43. The van der Waals surface area contributed by atoms with Crippen molar-refractivity contribution in [3.8, 4) is 5.75 Å².